The van der Waals surface area contributed by atoms with Crippen LogP contribution in [0.5, 0.6) is 0 Å². The van der Waals surface area contributed by atoms with Crippen molar-refractivity contribution in [2.24, 2.45) is 0 Å². The van der Waals surface area contributed by atoms with Crippen LogP contribution in [0, 0.1) is 0 Å². The van der Waals surface area contributed by atoms with Gasteiger partial charge in [-0.2, -0.15) is 0 Å². The maximum absolute atomic E-state index is 4.14. The average Bonchev–Trinajstić information content (AvgIpc) is 2.46. The Morgan fingerprint density at radius 2 is 1.78 bits per heavy atom. The lowest BCUT2D eigenvalue weighted by Gasteiger charge is -2.09. The van der Waals surface area contributed by atoms with Crippen LogP contribution >= 0.6 is 0 Å². The molecule has 0 fully saturated rings. The molecule has 1 N–H and O–H groups in total. The molecule has 1 heterocycles. The third-order valence-corrected chi connectivity index (χ3v) is 3.01. The van der Waals surface area contributed by atoms with E-state index in [4.69, 9.17) is 0 Å². The Labute approximate surface area is 106 Å². The molecule has 0 saturated carbocycles. The Morgan fingerprint density at radius 3 is 2.67 bits per heavy atom. The molecule has 0 aliphatic carbocycles. The Bertz CT molecular complexity index is 642. The van der Waals surface area contributed by atoms with Gasteiger partial charge < -0.3 is 5.32 Å². The van der Waals surface area contributed by atoms with Crippen LogP contribution < -0.4 is 5.32 Å². The SMILES string of the molecule is c1ccc(CNc2cccc3cnccc23)cc1. The van der Waals surface area contributed by atoms with Crippen LogP contribution in [0.25, 0.3) is 10.8 Å². The van der Waals surface area contributed by atoms with Gasteiger partial charge in [0, 0.05) is 35.4 Å². The van der Waals surface area contributed by atoms with Crippen molar-refractivity contribution in [2.75, 3.05) is 5.32 Å². The molecule has 0 bridgehead atoms. The lowest BCUT2D eigenvalue weighted by atomic mass is 10.1. The van der Waals surface area contributed by atoms with Gasteiger partial charge in [-0.05, 0) is 17.7 Å². The van der Waals surface area contributed by atoms with Gasteiger partial charge >= 0.3 is 0 Å². The molecule has 88 valence electrons. The van der Waals surface area contributed by atoms with Gasteiger partial charge in [-0.25, -0.2) is 0 Å². The molecule has 2 aromatic carbocycles. The van der Waals surface area contributed by atoms with Crippen LogP contribution in [0.3, 0.4) is 0 Å². The van der Waals surface area contributed by atoms with Gasteiger partial charge in [0.2, 0.25) is 0 Å². The number of hydrogen-bond acceptors (Lipinski definition) is 2. The van der Waals surface area contributed by atoms with Gasteiger partial charge in [0.1, 0.15) is 0 Å². The summed E-state index contributed by atoms with van der Waals surface area (Å²) >= 11 is 0. The number of rotatable bonds is 3. The van der Waals surface area contributed by atoms with Crippen LogP contribution in [0.4, 0.5) is 5.69 Å². The fourth-order valence-corrected chi connectivity index (χ4v) is 2.07. The standard InChI is InChI=1S/C16H14N2/c1-2-5-13(6-3-1)11-18-16-8-4-7-14-12-17-10-9-15(14)16/h1-10,12,18H,11H2. The molecule has 18 heavy (non-hydrogen) atoms. The maximum Gasteiger partial charge on any atom is 0.0423 e. The highest BCUT2D eigenvalue weighted by Crippen LogP contribution is 2.22. The number of aromatic nitrogens is 1. The fraction of sp³-hybridized carbons (Fsp3) is 0.0625. The van der Waals surface area contributed by atoms with Crippen molar-refractivity contribution in [3.8, 4) is 0 Å². The molecule has 3 rings (SSSR count). The molecule has 1 aromatic heterocycles. The largest absolute Gasteiger partial charge is 0.380 e. The highest BCUT2D eigenvalue weighted by molar-refractivity contribution is 5.93. The van der Waals surface area contributed by atoms with Crippen molar-refractivity contribution in [1.29, 1.82) is 0 Å². The van der Waals surface area contributed by atoms with E-state index < -0.39 is 0 Å². The zero-order chi connectivity index (χ0) is 12.2. The van der Waals surface area contributed by atoms with E-state index in [9.17, 15) is 0 Å². The molecule has 0 saturated heterocycles. The zero-order valence-electron chi connectivity index (χ0n) is 10.0. The van der Waals surface area contributed by atoms with Crippen molar-refractivity contribution in [3.63, 3.8) is 0 Å². The number of anilines is 1. The fourth-order valence-electron chi connectivity index (χ4n) is 2.07. The molecule has 2 nitrogen and oxygen atoms in total. The molecule has 0 aliphatic rings. The minimum Gasteiger partial charge on any atom is -0.380 e. The first-order valence-electron chi connectivity index (χ1n) is 6.04. The average molecular weight is 234 g/mol. The summed E-state index contributed by atoms with van der Waals surface area (Å²) in [5.74, 6) is 0. The molecule has 0 radical (unpaired) electrons. The second kappa shape index (κ2) is 4.88. The van der Waals surface area contributed by atoms with Crippen LogP contribution in [0.1, 0.15) is 5.56 Å². The number of benzene rings is 2. The molecule has 0 amide bonds. The molecule has 0 spiro atoms. The van der Waals surface area contributed by atoms with E-state index in [-0.39, 0.29) is 0 Å². The summed E-state index contributed by atoms with van der Waals surface area (Å²) in [4.78, 5) is 4.14. The van der Waals surface area contributed by atoms with E-state index in [0.717, 1.165) is 17.6 Å². The summed E-state index contributed by atoms with van der Waals surface area (Å²) in [6, 6.07) is 18.7. The monoisotopic (exact) mass is 234 g/mol. The number of fused-ring (bicyclic) bond motifs is 1. The lowest BCUT2D eigenvalue weighted by Crippen LogP contribution is -1.99. The molecule has 3 aromatic rings. The first kappa shape index (κ1) is 10.8. The van der Waals surface area contributed by atoms with Gasteiger partial charge in [-0.1, -0.05) is 42.5 Å². The van der Waals surface area contributed by atoms with Crippen LogP contribution in [-0.4, -0.2) is 4.98 Å². The van der Waals surface area contributed by atoms with Gasteiger partial charge in [-0.3, -0.25) is 4.98 Å². The van der Waals surface area contributed by atoms with E-state index in [2.05, 4.69) is 52.8 Å². The van der Waals surface area contributed by atoms with E-state index in [1.54, 1.807) is 0 Å². The molecule has 0 atom stereocenters. The molecule has 0 unspecified atom stereocenters. The maximum atomic E-state index is 4.14. The van der Waals surface area contributed by atoms with Crippen LogP contribution in [0.15, 0.2) is 67.0 Å². The summed E-state index contributed by atoms with van der Waals surface area (Å²) in [5, 5.41) is 5.85. The number of nitrogens with zero attached hydrogens (tertiary/aromatic N) is 1. The van der Waals surface area contributed by atoms with E-state index in [1.165, 1.54) is 10.9 Å². The van der Waals surface area contributed by atoms with E-state index in [0.29, 0.717) is 0 Å². The third kappa shape index (κ3) is 2.18. The zero-order valence-corrected chi connectivity index (χ0v) is 10.0. The predicted octanol–water partition coefficient (Wildman–Crippen LogP) is 3.85. The normalized spacial score (nSPS) is 10.4. The summed E-state index contributed by atoms with van der Waals surface area (Å²) in [5.41, 5.74) is 2.43. The summed E-state index contributed by atoms with van der Waals surface area (Å²) < 4.78 is 0. The lowest BCUT2D eigenvalue weighted by molar-refractivity contribution is 1.15. The Balaban J connectivity index is 1.87. The quantitative estimate of drug-likeness (QED) is 0.744. The second-order valence-corrected chi connectivity index (χ2v) is 4.24. The Morgan fingerprint density at radius 1 is 0.889 bits per heavy atom. The van der Waals surface area contributed by atoms with Crippen molar-refractivity contribution < 1.29 is 0 Å². The minimum absolute atomic E-state index is 0.836. The first-order chi connectivity index (χ1) is 8.93. The Hall–Kier alpha value is -2.35. The van der Waals surface area contributed by atoms with Gasteiger partial charge in [0.05, 0.1) is 0 Å². The summed E-state index contributed by atoms with van der Waals surface area (Å²) in [6.45, 7) is 0.836. The Kier molecular flexibility index (Phi) is 2.92. The van der Waals surface area contributed by atoms with Gasteiger partial charge in [-0.15, -0.1) is 0 Å². The van der Waals surface area contributed by atoms with Crippen LogP contribution in [0.2, 0.25) is 0 Å². The van der Waals surface area contributed by atoms with Crippen molar-refractivity contribution in [3.05, 3.63) is 72.6 Å². The summed E-state index contributed by atoms with van der Waals surface area (Å²) in [6.07, 6.45) is 3.72. The smallest absolute Gasteiger partial charge is 0.0423 e. The van der Waals surface area contributed by atoms with E-state index >= 15 is 0 Å². The van der Waals surface area contributed by atoms with E-state index in [1.807, 2.05) is 24.5 Å². The highest BCUT2D eigenvalue weighted by atomic mass is 14.9. The number of hydrogen-bond donors (Lipinski definition) is 1. The second-order valence-electron chi connectivity index (χ2n) is 4.24. The van der Waals surface area contributed by atoms with Crippen molar-refractivity contribution in [2.45, 2.75) is 6.54 Å². The highest BCUT2D eigenvalue weighted by Gasteiger charge is 1.99. The van der Waals surface area contributed by atoms with Crippen LogP contribution in [-0.2, 0) is 6.54 Å². The molecule has 2 heteroatoms. The van der Waals surface area contributed by atoms with Crippen molar-refractivity contribution in [1.82, 2.24) is 4.98 Å². The molecular weight excluding hydrogens is 220 g/mol. The van der Waals surface area contributed by atoms with Gasteiger partial charge in [0.15, 0.2) is 0 Å². The van der Waals surface area contributed by atoms with Gasteiger partial charge in [0.25, 0.3) is 0 Å². The minimum atomic E-state index is 0.836. The summed E-state index contributed by atoms with van der Waals surface area (Å²) in [7, 11) is 0. The molecule has 0 aliphatic heterocycles. The first-order valence-corrected chi connectivity index (χ1v) is 6.04. The van der Waals surface area contributed by atoms with Crippen molar-refractivity contribution >= 4 is 16.5 Å². The predicted molar refractivity (Wildman–Crippen MR) is 75.5 cm³/mol. The number of nitrogens with one attached hydrogen (secondary N) is 1. The molecular formula is C16H14N2. The number of pyridine rings is 1. The third-order valence-electron chi connectivity index (χ3n) is 3.01. The topological polar surface area (TPSA) is 24.9 Å².